The Kier molecular flexibility index (Phi) is 4.95. The largest absolute Gasteiger partial charge is 0.378 e. The Balaban J connectivity index is 1.61. The van der Waals surface area contributed by atoms with E-state index in [-0.39, 0.29) is 5.91 Å². The molecule has 6 nitrogen and oxygen atoms in total. The summed E-state index contributed by atoms with van der Waals surface area (Å²) >= 11 is 1.65. The van der Waals surface area contributed by atoms with Crippen LogP contribution in [0.2, 0.25) is 0 Å². The maximum absolute atomic E-state index is 12.1. The third-order valence-electron chi connectivity index (χ3n) is 3.61. The molecule has 1 amide bonds. The Hall–Kier alpha value is -2.93. The molecule has 3 rings (SSSR count). The number of carbonyl (C=O) groups is 1. The lowest BCUT2D eigenvalue weighted by molar-refractivity contribution is 0.0950. The molecular weight excluding hydrogens is 334 g/mol. The molecule has 128 valence electrons. The zero-order valence-corrected chi connectivity index (χ0v) is 15.1. The van der Waals surface area contributed by atoms with Gasteiger partial charge in [-0.1, -0.05) is 12.1 Å². The third-order valence-corrected chi connectivity index (χ3v) is 4.64. The van der Waals surface area contributed by atoms with Gasteiger partial charge in [0, 0.05) is 24.7 Å². The summed E-state index contributed by atoms with van der Waals surface area (Å²) in [7, 11) is 3.97. The molecule has 0 aliphatic carbocycles. The maximum Gasteiger partial charge on any atom is 0.291 e. The van der Waals surface area contributed by atoms with Crippen molar-refractivity contribution in [3.8, 4) is 10.6 Å². The van der Waals surface area contributed by atoms with Crippen molar-refractivity contribution in [2.24, 2.45) is 5.10 Å². The minimum absolute atomic E-state index is 0.307. The van der Waals surface area contributed by atoms with Crippen molar-refractivity contribution >= 4 is 29.1 Å². The van der Waals surface area contributed by atoms with Gasteiger partial charge < -0.3 is 4.90 Å². The molecule has 0 saturated carbocycles. The van der Waals surface area contributed by atoms with Crippen LogP contribution in [-0.4, -0.2) is 36.4 Å². The van der Waals surface area contributed by atoms with Crippen LogP contribution in [0.25, 0.3) is 10.6 Å². The molecule has 0 aliphatic rings. The van der Waals surface area contributed by atoms with Crippen molar-refractivity contribution in [2.45, 2.75) is 6.92 Å². The summed E-state index contributed by atoms with van der Waals surface area (Å²) in [5, 5.41) is 10.9. The van der Waals surface area contributed by atoms with Gasteiger partial charge >= 0.3 is 0 Å². The Morgan fingerprint density at radius 1 is 1.24 bits per heavy atom. The van der Waals surface area contributed by atoms with Gasteiger partial charge in [0.25, 0.3) is 5.91 Å². The molecule has 0 spiro atoms. The molecule has 0 bridgehead atoms. The lowest BCUT2D eigenvalue weighted by Crippen LogP contribution is -2.18. The standard InChI is InChI=1S/C18H19N5OS/c1-12-4-9-17(25-12)15-10-16(21-20-15)18(24)22-19-11-13-5-7-14(8-6-13)23(2)3/h4-11H,1-3H3,(H,20,21)(H,22,24)/b19-11+. The molecule has 0 aliphatic heterocycles. The van der Waals surface area contributed by atoms with E-state index in [9.17, 15) is 4.79 Å². The fourth-order valence-electron chi connectivity index (χ4n) is 2.22. The number of carbonyl (C=O) groups excluding carboxylic acids is 1. The highest BCUT2D eigenvalue weighted by molar-refractivity contribution is 7.15. The number of amides is 1. The first-order valence-corrected chi connectivity index (χ1v) is 8.57. The van der Waals surface area contributed by atoms with Crippen LogP contribution in [0.1, 0.15) is 20.9 Å². The van der Waals surface area contributed by atoms with Gasteiger partial charge in [0.15, 0.2) is 5.69 Å². The number of nitrogens with zero attached hydrogens (tertiary/aromatic N) is 3. The first-order chi connectivity index (χ1) is 12.0. The number of hydrazone groups is 1. The number of nitrogens with one attached hydrogen (secondary N) is 2. The monoisotopic (exact) mass is 353 g/mol. The maximum atomic E-state index is 12.1. The summed E-state index contributed by atoms with van der Waals surface area (Å²) in [6.45, 7) is 2.04. The number of hydrogen-bond acceptors (Lipinski definition) is 5. The molecule has 2 heterocycles. The second kappa shape index (κ2) is 7.31. The number of aromatic amines is 1. The van der Waals surface area contributed by atoms with Crippen LogP contribution in [0.5, 0.6) is 0 Å². The van der Waals surface area contributed by atoms with Crippen LogP contribution in [-0.2, 0) is 0 Å². The predicted octanol–water partition coefficient (Wildman–Crippen LogP) is 3.28. The van der Waals surface area contributed by atoms with Crippen molar-refractivity contribution in [1.82, 2.24) is 15.6 Å². The van der Waals surface area contributed by atoms with Crippen LogP contribution in [0.3, 0.4) is 0 Å². The molecule has 3 aromatic rings. The van der Waals surface area contributed by atoms with Crippen molar-refractivity contribution in [1.29, 1.82) is 0 Å². The Morgan fingerprint density at radius 3 is 2.64 bits per heavy atom. The van der Waals surface area contributed by atoms with Crippen molar-refractivity contribution < 1.29 is 4.79 Å². The summed E-state index contributed by atoms with van der Waals surface area (Å²) in [5.74, 6) is -0.350. The van der Waals surface area contributed by atoms with E-state index in [0.29, 0.717) is 5.69 Å². The van der Waals surface area contributed by atoms with E-state index in [1.54, 1.807) is 23.6 Å². The van der Waals surface area contributed by atoms with E-state index >= 15 is 0 Å². The molecule has 0 atom stereocenters. The SMILES string of the molecule is Cc1ccc(-c2cc(C(=O)N/N=C/c3ccc(N(C)C)cc3)n[nH]2)s1. The number of benzene rings is 1. The molecule has 2 N–H and O–H groups in total. The molecule has 0 radical (unpaired) electrons. The van der Waals surface area contributed by atoms with E-state index in [1.165, 1.54) is 4.88 Å². The second-order valence-corrected chi connectivity index (χ2v) is 7.05. The molecule has 0 saturated heterocycles. The highest BCUT2D eigenvalue weighted by Crippen LogP contribution is 2.26. The number of hydrogen-bond donors (Lipinski definition) is 2. The summed E-state index contributed by atoms with van der Waals surface area (Å²) in [5.41, 5.74) is 5.64. The summed E-state index contributed by atoms with van der Waals surface area (Å²) in [4.78, 5) is 16.4. The summed E-state index contributed by atoms with van der Waals surface area (Å²) < 4.78 is 0. The van der Waals surface area contributed by atoms with Crippen molar-refractivity contribution in [3.63, 3.8) is 0 Å². The number of aryl methyl sites for hydroxylation is 1. The highest BCUT2D eigenvalue weighted by Gasteiger charge is 2.11. The first-order valence-electron chi connectivity index (χ1n) is 7.76. The average Bonchev–Trinajstić information content (AvgIpc) is 3.24. The van der Waals surface area contributed by atoms with Crippen molar-refractivity contribution in [3.05, 3.63) is 58.6 Å². The highest BCUT2D eigenvalue weighted by atomic mass is 32.1. The number of rotatable bonds is 5. The Morgan fingerprint density at radius 2 is 2.00 bits per heavy atom. The lowest BCUT2D eigenvalue weighted by Gasteiger charge is -2.11. The van der Waals surface area contributed by atoms with Crippen LogP contribution in [0, 0.1) is 6.92 Å². The normalized spacial score (nSPS) is 11.0. The van der Waals surface area contributed by atoms with Crippen LogP contribution < -0.4 is 10.3 Å². The number of anilines is 1. The lowest BCUT2D eigenvalue weighted by atomic mass is 10.2. The molecule has 0 fully saturated rings. The van der Waals surface area contributed by atoms with Crippen LogP contribution in [0.15, 0.2) is 47.6 Å². The topological polar surface area (TPSA) is 73.4 Å². The van der Waals surface area contributed by atoms with Gasteiger partial charge in [0.05, 0.1) is 16.8 Å². The quantitative estimate of drug-likeness (QED) is 0.546. The predicted molar refractivity (Wildman–Crippen MR) is 102 cm³/mol. The number of aromatic nitrogens is 2. The van der Waals surface area contributed by atoms with Gasteiger partial charge in [0.2, 0.25) is 0 Å². The van der Waals surface area contributed by atoms with Gasteiger partial charge in [-0.3, -0.25) is 9.89 Å². The van der Waals surface area contributed by atoms with Crippen LogP contribution >= 0.6 is 11.3 Å². The second-order valence-electron chi connectivity index (χ2n) is 5.76. The zero-order chi connectivity index (χ0) is 17.8. The van der Waals surface area contributed by atoms with E-state index < -0.39 is 0 Å². The van der Waals surface area contributed by atoms with E-state index in [0.717, 1.165) is 21.8 Å². The molecule has 1 aromatic carbocycles. The van der Waals surface area contributed by atoms with E-state index in [1.807, 2.05) is 62.3 Å². The fraction of sp³-hybridized carbons (Fsp3) is 0.167. The number of thiophene rings is 1. The third kappa shape index (κ3) is 4.13. The minimum atomic E-state index is -0.350. The van der Waals surface area contributed by atoms with E-state index in [2.05, 4.69) is 20.7 Å². The first kappa shape index (κ1) is 16.9. The molecule has 25 heavy (non-hydrogen) atoms. The van der Waals surface area contributed by atoms with Crippen molar-refractivity contribution in [2.75, 3.05) is 19.0 Å². The fourth-order valence-corrected chi connectivity index (χ4v) is 3.06. The molecular formula is C18H19N5OS. The van der Waals surface area contributed by atoms with E-state index in [4.69, 9.17) is 0 Å². The molecule has 2 aromatic heterocycles. The Bertz CT molecular complexity index is 892. The van der Waals surface area contributed by atoms with Gasteiger partial charge in [-0.2, -0.15) is 10.2 Å². The van der Waals surface area contributed by atoms with Gasteiger partial charge in [-0.25, -0.2) is 5.43 Å². The zero-order valence-electron chi connectivity index (χ0n) is 14.3. The molecule has 0 unspecified atom stereocenters. The molecule has 7 heteroatoms. The van der Waals surface area contributed by atoms with Crippen LogP contribution in [0.4, 0.5) is 5.69 Å². The number of H-pyrrole nitrogens is 1. The minimum Gasteiger partial charge on any atom is -0.378 e. The summed E-state index contributed by atoms with van der Waals surface area (Å²) in [6.07, 6.45) is 1.60. The average molecular weight is 353 g/mol. The summed E-state index contributed by atoms with van der Waals surface area (Å²) in [6, 6.07) is 13.6. The van der Waals surface area contributed by atoms with Gasteiger partial charge in [-0.05, 0) is 42.8 Å². The Labute approximate surface area is 150 Å². The van der Waals surface area contributed by atoms with Gasteiger partial charge in [-0.15, -0.1) is 11.3 Å². The van der Waals surface area contributed by atoms with Gasteiger partial charge in [0.1, 0.15) is 0 Å². The smallest absolute Gasteiger partial charge is 0.291 e.